The zero-order valence-corrected chi connectivity index (χ0v) is 14.1. The summed E-state index contributed by atoms with van der Waals surface area (Å²) in [5, 5.41) is 0. The van der Waals surface area contributed by atoms with Gasteiger partial charge >= 0.3 is 0 Å². The summed E-state index contributed by atoms with van der Waals surface area (Å²) in [6.07, 6.45) is 7.24. The molecule has 0 bridgehead atoms. The maximum absolute atomic E-state index is 12.9. The fraction of sp³-hybridized carbons (Fsp3) is 0.450. The van der Waals surface area contributed by atoms with Gasteiger partial charge in [-0.25, -0.2) is 0 Å². The molecule has 1 amide bonds. The number of ether oxygens (including phenoxy) is 1. The van der Waals surface area contributed by atoms with Crippen molar-refractivity contribution in [3.05, 3.63) is 53.9 Å². The molecule has 1 aromatic carbocycles. The SMILES string of the molecule is C[C@H]1c2cccn2CCN1C(=O)c1ccc(OC2CCCC2)cc1. The molecule has 2 heterocycles. The summed E-state index contributed by atoms with van der Waals surface area (Å²) >= 11 is 0. The van der Waals surface area contributed by atoms with Gasteiger partial charge in [0, 0.05) is 30.5 Å². The standard InChI is InChI=1S/C20H24N2O2/c1-15-19-7-4-12-21(19)13-14-22(15)20(23)16-8-10-18(11-9-16)24-17-5-2-3-6-17/h4,7-12,15,17H,2-3,5-6,13-14H2,1H3/t15-/m0/s1. The zero-order chi connectivity index (χ0) is 16.5. The van der Waals surface area contributed by atoms with Gasteiger partial charge in [0.15, 0.2) is 0 Å². The lowest BCUT2D eigenvalue weighted by molar-refractivity contribution is 0.0644. The Balaban J connectivity index is 1.46. The van der Waals surface area contributed by atoms with E-state index in [2.05, 4.69) is 29.8 Å². The van der Waals surface area contributed by atoms with Crippen LogP contribution in [-0.4, -0.2) is 28.0 Å². The lowest BCUT2D eigenvalue weighted by Crippen LogP contribution is -2.40. The molecule has 1 aliphatic carbocycles. The van der Waals surface area contributed by atoms with Gasteiger partial charge in [-0.3, -0.25) is 4.79 Å². The minimum Gasteiger partial charge on any atom is -0.490 e. The van der Waals surface area contributed by atoms with Crippen molar-refractivity contribution in [1.29, 1.82) is 0 Å². The summed E-state index contributed by atoms with van der Waals surface area (Å²) in [5.41, 5.74) is 1.94. The molecule has 0 radical (unpaired) electrons. The van der Waals surface area contributed by atoms with Crippen LogP contribution in [0.4, 0.5) is 0 Å². The molecule has 1 aliphatic heterocycles. The fourth-order valence-electron chi connectivity index (χ4n) is 3.90. The van der Waals surface area contributed by atoms with Gasteiger partial charge in [0.25, 0.3) is 5.91 Å². The average molecular weight is 324 g/mol. The second kappa shape index (κ2) is 6.34. The second-order valence-electron chi connectivity index (χ2n) is 6.85. The van der Waals surface area contributed by atoms with Crippen LogP contribution in [0.2, 0.25) is 0 Å². The number of hydrogen-bond acceptors (Lipinski definition) is 2. The summed E-state index contributed by atoms with van der Waals surface area (Å²) in [6, 6.07) is 11.9. The number of rotatable bonds is 3. The van der Waals surface area contributed by atoms with E-state index >= 15 is 0 Å². The highest BCUT2D eigenvalue weighted by atomic mass is 16.5. The quantitative estimate of drug-likeness (QED) is 0.854. The highest BCUT2D eigenvalue weighted by Gasteiger charge is 2.28. The molecule has 4 rings (SSSR count). The van der Waals surface area contributed by atoms with E-state index in [1.165, 1.54) is 18.5 Å². The van der Waals surface area contributed by atoms with Gasteiger partial charge in [-0.15, -0.1) is 0 Å². The fourth-order valence-corrected chi connectivity index (χ4v) is 3.90. The maximum Gasteiger partial charge on any atom is 0.254 e. The third-order valence-corrected chi connectivity index (χ3v) is 5.31. The Hall–Kier alpha value is -2.23. The van der Waals surface area contributed by atoms with E-state index in [-0.39, 0.29) is 11.9 Å². The van der Waals surface area contributed by atoms with Crippen LogP contribution in [0.3, 0.4) is 0 Å². The Morgan fingerprint density at radius 3 is 2.58 bits per heavy atom. The molecule has 4 heteroatoms. The van der Waals surface area contributed by atoms with Crippen molar-refractivity contribution in [2.45, 2.75) is 51.3 Å². The lowest BCUT2D eigenvalue weighted by atomic mass is 10.1. The van der Waals surface area contributed by atoms with Gasteiger partial charge in [0.2, 0.25) is 0 Å². The molecule has 0 unspecified atom stereocenters. The minimum atomic E-state index is 0.0994. The van der Waals surface area contributed by atoms with Crippen LogP contribution in [0.5, 0.6) is 5.75 Å². The van der Waals surface area contributed by atoms with Gasteiger partial charge < -0.3 is 14.2 Å². The van der Waals surface area contributed by atoms with Crippen LogP contribution in [0.25, 0.3) is 0 Å². The van der Waals surface area contributed by atoms with E-state index in [1.54, 1.807) is 0 Å². The van der Waals surface area contributed by atoms with Crippen molar-refractivity contribution in [2.24, 2.45) is 0 Å². The lowest BCUT2D eigenvalue weighted by Gasteiger charge is -2.35. The molecule has 0 spiro atoms. The summed E-state index contributed by atoms with van der Waals surface area (Å²) in [4.78, 5) is 14.8. The van der Waals surface area contributed by atoms with Crippen molar-refractivity contribution in [1.82, 2.24) is 9.47 Å². The maximum atomic E-state index is 12.9. The van der Waals surface area contributed by atoms with E-state index in [9.17, 15) is 4.79 Å². The Kier molecular flexibility index (Phi) is 4.05. The largest absolute Gasteiger partial charge is 0.490 e. The number of fused-ring (bicyclic) bond motifs is 1. The van der Waals surface area contributed by atoms with Crippen LogP contribution in [0.1, 0.15) is 54.7 Å². The molecule has 1 fully saturated rings. The summed E-state index contributed by atoms with van der Waals surface area (Å²) in [7, 11) is 0. The molecular formula is C20H24N2O2. The molecule has 1 atom stereocenters. The number of nitrogens with zero attached hydrogens (tertiary/aromatic N) is 2. The van der Waals surface area contributed by atoms with Gasteiger partial charge in [-0.05, 0) is 69.0 Å². The molecule has 4 nitrogen and oxygen atoms in total. The first-order valence-corrected chi connectivity index (χ1v) is 8.95. The third-order valence-electron chi connectivity index (χ3n) is 5.31. The molecule has 2 aliphatic rings. The van der Waals surface area contributed by atoms with Crippen molar-refractivity contribution in [2.75, 3.05) is 6.54 Å². The normalized spacial score (nSPS) is 20.9. The third kappa shape index (κ3) is 2.81. The molecule has 2 aromatic rings. The highest BCUT2D eigenvalue weighted by molar-refractivity contribution is 5.94. The van der Waals surface area contributed by atoms with Crippen molar-refractivity contribution in [3.63, 3.8) is 0 Å². The molecule has 126 valence electrons. The smallest absolute Gasteiger partial charge is 0.254 e. The first kappa shape index (κ1) is 15.3. The Morgan fingerprint density at radius 2 is 1.83 bits per heavy atom. The van der Waals surface area contributed by atoms with Crippen LogP contribution >= 0.6 is 0 Å². The predicted molar refractivity (Wildman–Crippen MR) is 93.2 cm³/mol. The van der Waals surface area contributed by atoms with Gasteiger partial charge in [0.05, 0.1) is 12.1 Å². The molecule has 1 saturated carbocycles. The number of benzene rings is 1. The highest BCUT2D eigenvalue weighted by Crippen LogP contribution is 2.28. The van der Waals surface area contributed by atoms with E-state index in [0.29, 0.717) is 6.10 Å². The summed E-state index contributed by atoms with van der Waals surface area (Å²) in [5.74, 6) is 0.974. The van der Waals surface area contributed by atoms with Crippen LogP contribution in [0.15, 0.2) is 42.6 Å². The minimum absolute atomic E-state index is 0.0994. The number of carbonyl (C=O) groups excluding carboxylic acids is 1. The molecule has 1 aromatic heterocycles. The van der Waals surface area contributed by atoms with Crippen molar-refractivity contribution < 1.29 is 9.53 Å². The predicted octanol–water partition coefficient (Wildman–Crippen LogP) is 4.03. The number of amides is 1. The van der Waals surface area contributed by atoms with Crippen LogP contribution in [-0.2, 0) is 6.54 Å². The Morgan fingerprint density at radius 1 is 1.08 bits per heavy atom. The summed E-state index contributed by atoms with van der Waals surface area (Å²) in [6.45, 7) is 3.71. The number of carbonyl (C=O) groups is 1. The Labute approximate surface area is 143 Å². The average Bonchev–Trinajstić information content (AvgIpc) is 3.27. The van der Waals surface area contributed by atoms with Gasteiger partial charge in [0.1, 0.15) is 5.75 Å². The van der Waals surface area contributed by atoms with Gasteiger partial charge in [-0.2, -0.15) is 0 Å². The number of aromatic nitrogens is 1. The van der Waals surface area contributed by atoms with Crippen LogP contribution in [0, 0.1) is 0 Å². The molecule has 24 heavy (non-hydrogen) atoms. The van der Waals surface area contributed by atoms with E-state index in [1.807, 2.05) is 29.2 Å². The first-order chi connectivity index (χ1) is 11.7. The van der Waals surface area contributed by atoms with Crippen molar-refractivity contribution in [3.8, 4) is 5.75 Å². The zero-order valence-electron chi connectivity index (χ0n) is 14.1. The van der Waals surface area contributed by atoms with E-state index < -0.39 is 0 Å². The second-order valence-corrected chi connectivity index (χ2v) is 6.85. The van der Waals surface area contributed by atoms with Crippen molar-refractivity contribution >= 4 is 5.91 Å². The Bertz CT molecular complexity index is 713. The van der Waals surface area contributed by atoms with Gasteiger partial charge in [-0.1, -0.05) is 0 Å². The summed E-state index contributed by atoms with van der Waals surface area (Å²) < 4.78 is 8.21. The van der Waals surface area contributed by atoms with E-state index in [4.69, 9.17) is 4.74 Å². The molecule has 0 saturated heterocycles. The molecule has 0 N–H and O–H groups in total. The molecular weight excluding hydrogens is 300 g/mol. The number of hydrogen-bond donors (Lipinski definition) is 0. The topological polar surface area (TPSA) is 34.5 Å². The first-order valence-electron chi connectivity index (χ1n) is 8.95. The van der Waals surface area contributed by atoms with Crippen LogP contribution < -0.4 is 4.74 Å². The monoisotopic (exact) mass is 324 g/mol. The van der Waals surface area contributed by atoms with E-state index in [0.717, 1.165) is 37.2 Å².